The average molecular weight is 611 g/mol. The smallest absolute Gasteiger partial charge is 0.272 e. The summed E-state index contributed by atoms with van der Waals surface area (Å²) in [5.74, 6) is -0.142. The molecule has 0 aromatic heterocycles. The van der Waals surface area contributed by atoms with Crippen molar-refractivity contribution < 1.29 is 23.9 Å². The molecule has 0 heterocycles. The predicted molar refractivity (Wildman–Crippen MR) is 164 cm³/mol. The zero-order valence-electron chi connectivity index (χ0n) is 22.4. The van der Waals surface area contributed by atoms with Crippen LogP contribution in [0.15, 0.2) is 113 Å². The van der Waals surface area contributed by atoms with Gasteiger partial charge in [0.15, 0.2) is 5.78 Å². The van der Waals surface area contributed by atoms with Gasteiger partial charge in [0.2, 0.25) is 0 Å². The van der Waals surface area contributed by atoms with E-state index >= 15 is 0 Å². The van der Waals surface area contributed by atoms with Crippen LogP contribution in [-0.4, -0.2) is 31.8 Å². The fourth-order valence-electron chi connectivity index (χ4n) is 3.81. The van der Waals surface area contributed by atoms with E-state index < -0.39 is 11.8 Å². The molecule has 0 saturated carbocycles. The Morgan fingerprint density at radius 2 is 1.49 bits per heavy atom. The van der Waals surface area contributed by atoms with Crippen LogP contribution in [0.3, 0.4) is 0 Å². The Morgan fingerprint density at radius 1 is 0.780 bits per heavy atom. The third-order valence-corrected chi connectivity index (χ3v) is 6.52. The van der Waals surface area contributed by atoms with Crippen LogP contribution in [0.4, 0.5) is 5.69 Å². The van der Waals surface area contributed by atoms with Crippen molar-refractivity contribution in [2.24, 2.45) is 0 Å². The highest BCUT2D eigenvalue weighted by atomic mass is 79.9. The van der Waals surface area contributed by atoms with Gasteiger partial charge in [0.1, 0.15) is 17.2 Å². The SMILES string of the molecule is COc1ccc(OC)c(/C=C(\NC(=O)c2ccccc2)C(=O)Nc2ccc(C(=O)/C=C/c3ccc(Br)cc3)cc2)c1. The Hall–Kier alpha value is -4.95. The minimum Gasteiger partial charge on any atom is -0.497 e. The van der Waals surface area contributed by atoms with Crippen LogP contribution in [-0.2, 0) is 4.79 Å². The van der Waals surface area contributed by atoms with E-state index in [-0.39, 0.29) is 11.5 Å². The number of ketones is 1. The van der Waals surface area contributed by atoms with E-state index in [1.54, 1.807) is 78.9 Å². The van der Waals surface area contributed by atoms with Crippen molar-refractivity contribution in [1.29, 1.82) is 0 Å². The number of hydrogen-bond acceptors (Lipinski definition) is 5. The minimum atomic E-state index is -0.562. The lowest BCUT2D eigenvalue weighted by Gasteiger charge is -2.13. The first-order chi connectivity index (χ1) is 19.9. The van der Waals surface area contributed by atoms with Crippen molar-refractivity contribution in [3.63, 3.8) is 0 Å². The number of nitrogens with one attached hydrogen (secondary N) is 2. The molecule has 2 amide bonds. The average Bonchev–Trinajstić information content (AvgIpc) is 3.01. The summed E-state index contributed by atoms with van der Waals surface area (Å²) in [5.41, 5.74) is 2.72. The molecule has 0 aliphatic rings. The van der Waals surface area contributed by atoms with Crippen molar-refractivity contribution in [2.45, 2.75) is 0 Å². The maximum Gasteiger partial charge on any atom is 0.272 e. The molecule has 0 spiro atoms. The lowest BCUT2D eigenvalue weighted by atomic mass is 10.1. The number of halogens is 1. The zero-order valence-corrected chi connectivity index (χ0v) is 24.0. The van der Waals surface area contributed by atoms with E-state index in [2.05, 4.69) is 26.6 Å². The molecule has 0 unspecified atom stereocenters. The van der Waals surface area contributed by atoms with Gasteiger partial charge in [-0.25, -0.2) is 0 Å². The molecular formula is C33H27BrN2O5. The van der Waals surface area contributed by atoms with Crippen LogP contribution < -0.4 is 20.1 Å². The second-order valence-electron chi connectivity index (χ2n) is 8.77. The molecule has 41 heavy (non-hydrogen) atoms. The molecule has 0 saturated heterocycles. The summed E-state index contributed by atoms with van der Waals surface area (Å²) in [4.78, 5) is 39.0. The van der Waals surface area contributed by atoms with Gasteiger partial charge in [-0.05, 0) is 84.4 Å². The van der Waals surface area contributed by atoms with Gasteiger partial charge in [-0.3, -0.25) is 14.4 Å². The summed E-state index contributed by atoms with van der Waals surface area (Å²) >= 11 is 3.39. The standard InChI is InChI=1S/C33H27BrN2O5/c1-40-28-17-19-31(41-2)25(20-28)21-29(36-32(38)24-6-4-3-5-7-24)33(39)35-27-15-11-23(12-16-27)30(37)18-10-22-8-13-26(34)14-9-22/h3-21H,1-2H3,(H,35,39)(H,36,38)/b18-10+,29-21-. The molecule has 0 atom stereocenters. The molecular weight excluding hydrogens is 584 g/mol. The van der Waals surface area contributed by atoms with Gasteiger partial charge >= 0.3 is 0 Å². The number of carbonyl (C=O) groups excluding carboxylic acids is 3. The molecule has 206 valence electrons. The molecule has 0 radical (unpaired) electrons. The van der Waals surface area contributed by atoms with Crippen molar-refractivity contribution in [2.75, 3.05) is 19.5 Å². The number of allylic oxidation sites excluding steroid dienone is 1. The minimum absolute atomic E-state index is 0.0111. The molecule has 8 heteroatoms. The molecule has 0 aliphatic carbocycles. The highest BCUT2D eigenvalue weighted by Crippen LogP contribution is 2.26. The topological polar surface area (TPSA) is 93.7 Å². The summed E-state index contributed by atoms with van der Waals surface area (Å²) in [6.45, 7) is 0. The van der Waals surface area contributed by atoms with Crippen LogP contribution >= 0.6 is 15.9 Å². The van der Waals surface area contributed by atoms with Gasteiger partial charge in [0.05, 0.1) is 14.2 Å². The van der Waals surface area contributed by atoms with Gasteiger partial charge in [-0.1, -0.05) is 52.3 Å². The van der Waals surface area contributed by atoms with Crippen molar-refractivity contribution in [3.8, 4) is 11.5 Å². The lowest BCUT2D eigenvalue weighted by molar-refractivity contribution is -0.113. The number of ether oxygens (including phenoxy) is 2. The first kappa shape index (κ1) is 29.0. The zero-order chi connectivity index (χ0) is 29.2. The molecule has 0 bridgehead atoms. The first-order valence-electron chi connectivity index (χ1n) is 12.6. The van der Waals surface area contributed by atoms with Gasteiger partial charge < -0.3 is 20.1 Å². The van der Waals surface area contributed by atoms with Crippen LogP contribution in [0.5, 0.6) is 11.5 Å². The summed E-state index contributed by atoms with van der Waals surface area (Å²) < 4.78 is 11.7. The van der Waals surface area contributed by atoms with Gasteiger partial charge in [-0.2, -0.15) is 0 Å². The first-order valence-corrected chi connectivity index (χ1v) is 13.3. The van der Waals surface area contributed by atoms with E-state index in [0.717, 1.165) is 10.0 Å². The summed E-state index contributed by atoms with van der Waals surface area (Å²) in [7, 11) is 3.05. The number of anilines is 1. The molecule has 7 nitrogen and oxygen atoms in total. The Kier molecular flexibility index (Phi) is 9.85. The predicted octanol–water partition coefficient (Wildman–Crippen LogP) is 6.77. The van der Waals surface area contributed by atoms with Crippen molar-refractivity contribution in [3.05, 3.63) is 136 Å². The Morgan fingerprint density at radius 3 is 2.15 bits per heavy atom. The maximum atomic E-state index is 13.4. The van der Waals surface area contributed by atoms with E-state index in [0.29, 0.717) is 33.9 Å². The normalized spacial score (nSPS) is 11.1. The number of amides is 2. The second-order valence-corrected chi connectivity index (χ2v) is 9.68. The van der Waals surface area contributed by atoms with Crippen LogP contribution in [0, 0.1) is 0 Å². The van der Waals surface area contributed by atoms with Gasteiger partial charge in [0.25, 0.3) is 11.8 Å². The molecule has 4 aromatic rings. The molecule has 0 fully saturated rings. The quantitative estimate of drug-likeness (QED) is 0.153. The Balaban J connectivity index is 1.55. The highest BCUT2D eigenvalue weighted by molar-refractivity contribution is 9.10. The summed E-state index contributed by atoms with van der Waals surface area (Å²) in [6, 6.07) is 27.8. The third kappa shape index (κ3) is 8.03. The molecule has 4 rings (SSSR count). The maximum absolute atomic E-state index is 13.4. The molecule has 0 aliphatic heterocycles. The fourth-order valence-corrected chi connectivity index (χ4v) is 4.07. The third-order valence-electron chi connectivity index (χ3n) is 5.99. The number of hydrogen-bond donors (Lipinski definition) is 2. The monoisotopic (exact) mass is 610 g/mol. The van der Waals surface area contributed by atoms with Crippen LogP contribution in [0.2, 0.25) is 0 Å². The van der Waals surface area contributed by atoms with Gasteiger partial charge in [-0.15, -0.1) is 0 Å². The van der Waals surface area contributed by atoms with E-state index in [9.17, 15) is 14.4 Å². The number of benzene rings is 4. The number of methoxy groups -OCH3 is 2. The van der Waals surface area contributed by atoms with Crippen LogP contribution in [0.1, 0.15) is 31.8 Å². The molecule has 2 N–H and O–H groups in total. The number of rotatable bonds is 10. The van der Waals surface area contributed by atoms with E-state index in [1.165, 1.54) is 26.4 Å². The second kappa shape index (κ2) is 13.9. The van der Waals surface area contributed by atoms with Crippen molar-refractivity contribution >= 4 is 51.4 Å². The van der Waals surface area contributed by atoms with E-state index in [4.69, 9.17) is 9.47 Å². The lowest BCUT2D eigenvalue weighted by Crippen LogP contribution is -2.30. The van der Waals surface area contributed by atoms with E-state index in [1.807, 2.05) is 24.3 Å². The number of carbonyl (C=O) groups is 3. The largest absolute Gasteiger partial charge is 0.497 e. The summed E-state index contributed by atoms with van der Waals surface area (Å²) in [5, 5.41) is 5.49. The van der Waals surface area contributed by atoms with Gasteiger partial charge in [0, 0.05) is 26.9 Å². The Bertz CT molecular complexity index is 1600. The molecule has 4 aromatic carbocycles. The Labute approximate surface area is 246 Å². The van der Waals surface area contributed by atoms with Crippen molar-refractivity contribution in [1.82, 2.24) is 5.32 Å². The highest BCUT2D eigenvalue weighted by Gasteiger charge is 2.17. The summed E-state index contributed by atoms with van der Waals surface area (Å²) in [6.07, 6.45) is 4.75. The van der Waals surface area contributed by atoms with Crippen LogP contribution in [0.25, 0.3) is 12.2 Å². The fraction of sp³-hybridized carbons (Fsp3) is 0.0606.